The Morgan fingerprint density at radius 3 is 0.451 bits per heavy atom. The molecular weight excluding hydrogens is 615 g/mol. The molecule has 0 atom stereocenters. The van der Waals surface area contributed by atoms with Crippen LogP contribution in [0.5, 0.6) is 0 Å². The molecule has 0 aliphatic heterocycles. The summed E-state index contributed by atoms with van der Waals surface area (Å²) in [6.45, 7) is 0. The van der Waals surface area contributed by atoms with E-state index < -0.39 is 0 Å². The van der Waals surface area contributed by atoms with Crippen LogP contribution < -0.4 is 0 Å². The average Bonchev–Trinajstić information content (AvgIpc) is 3.27. The third kappa shape index (κ3) is 34.4. The van der Waals surface area contributed by atoms with Crippen molar-refractivity contribution in [2.24, 2.45) is 0 Å². The summed E-state index contributed by atoms with van der Waals surface area (Å²) in [4.78, 5) is 0. The highest BCUT2D eigenvalue weighted by molar-refractivity contribution is 5.17. The Morgan fingerprint density at radius 1 is 0.216 bits per heavy atom. The van der Waals surface area contributed by atoms with Gasteiger partial charge in [-0.15, -0.1) is 0 Å². The van der Waals surface area contributed by atoms with E-state index in [-0.39, 0.29) is 0 Å². The van der Waals surface area contributed by atoms with Gasteiger partial charge in [-0.1, -0.05) is 285 Å². The minimum atomic E-state index is 0.515. The van der Waals surface area contributed by atoms with E-state index >= 15 is 0 Å². The van der Waals surface area contributed by atoms with E-state index in [1.807, 2.05) is 285 Å². The zero-order valence-corrected chi connectivity index (χ0v) is 29.3. The number of benzene rings is 8. The molecule has 0 aliphatic rings. The third-order valence-corrected chi connectivity index (χ3v) is 5.79. The molecule has 0 N–H and O–H groups in total. The predicted octanol–water partition coefficient (Wildman–Crippen LogP) is 13.6. The fourth-order valence-corrected chi connectivity index (χ4v) is 3.38. The van der Waals surface area contributed by atoms with Gasteiger partial charge in [0.05, 0.1) is 12.5 Å². The van der Waals surface area contributed by atoms with E-state index in [2.05, 4.69) is 6.07 Å². The first-order valence-corrected chi connectivity index (χ1v) is 16.8. The van der Waals surface area contributed by atoms with Gasteiger partial charge in [-0.3, -0.25) is 0 Å². The normalized spacial score (nSPS) is 8.06. The maximum absolute atomic E-state index is 8.27. The Balaban J connectivity index is 0.000000293. The molecule has 0 amide bonds. The molecule has 0 bridgehead atoms. The van der Waals surface area contributed by atoms with Gasteiger partial charge in [-0.2, -0.15) is 5.26 Å². The van der Waals surface area contributed by atoms with Crippen molar-refractivity contribution in [3.05, 3.63) is 291 Å². The molecule has 0 heterocycles. The maximum Gasteiger partial charge on any atom is 0.0669 e. The Bertz CT molecular complexity index is 1210. The summed E-state index contributed by atoms with van der Waals surface area (Å²) >= 11 is 0. The highest BCUT2D eigenvalue weighted by Gasteiger charge is 1.84. The minimum absolute atomic E-state index is 0.515. The van der Waals surface area contributed by atoms with Crippen molar-refractivity contribution in [1.82, 2.24) is 0 Å². The standard InChI is InChI=1S/C8H7N.7C6H6/c9-7-6-8-4-2-1-3-5-8;7*1-2-4-6-5-3-1/h1-5H,6H2;7*1-6H. The highest BCUT2D eigenvalue weighted by atomic mass is 14.2. The Kier molecular flexibility index (Phi) is 31.3. The molecule has 51 heavy (non-hydrogen) atoms. The number of hydrogen-bond donors (Lipinski definition) is 0. The molecule has 8 rings (SSSR count). The highest BCUT2D eigenvalue weighted by Crippen LogP contribution is 1.97. The van der Waals surface area contributed by atoms with Gasteiger partial charge in [0.15, 0.2) is 0 Å². The summed E-state index contributed by atoms with van der Waals surface area (Å²) in [6, 6.07) is 95.8. The smallest absolute Gasteiger partial charge is 0.0669 e. The zero-order chi connectivity index (χ0) is 36.2. The molecule has 1 heteroatoms. The minimum Gasteiger partial charge on any atom is -0.198 e. The molecule has 254 valence electrons. The summed E-state index contributed by atoms with van der Waals surface area (Å²) in [7, 11) is 0. The van der Waals surface area contributed by atoms with Gasteiger partial charge >= 0.3 is 0 Å². The summed E-state index contributed by atoms with van der Waals surface area (Å²) < 4.78 is 0. The fraction of sp³-hybridized carbons (Fsp3) is 0.0200. The fourth-order valence-electron chi connectivity index (χ4n) is 3.38. The number of nitriles is 1. The largest absolute Gasteiger partial charge is 0.198 e. The zero-order valence-electron chi connectivity index (χ0n) is 29.3. The molecule has 0 unspecified atom stereocenters. The van der Waals surface area contributed by atoms with Crippen molar-refractivity contribution in [2.75, 3.05) is 0 Å². The monoisotopic (exact) mass is 663 g/mol. The molecule has 0 radical (unpaired) electrons. The van der Waals surface area contributed by atoms with E-state index in [9.17, 15) is 0 Å². The van der Waals surface area contributed by atoms with Gasteiger partial charge in [-0.25, -0.2) is 0 Å². The summed E-state index contributed by atoms with van der Waals surface area (Å²) in [5.41, 5.74) is 1.08. The van der Waals surface area contributed by atoms with E-state index in [0.29, 0.717) is 6.42 Å². The van der Waals surface area contributed by atoms with Crippen LogP contribution in [0, 0.1) is 11.3 Å². The van der Waals surface area contributed by atoms with Crippen LogP contribution >= 0.6 is 0 Å². The van der Waals surface area contributed by atoms with Crippen LogP contribution in [0.1, 0.15) is 5.56 Å². The number of rotatable bonds is 1. The van der Waals surface area contributed by atoms with Crippen molar-refractivity contribution in [1.29, 1.82) is 5.26 Å². The first-order chi connectivity index (χ1) is 25.4. The lowest BCUT2D eigenvalue weighted by atomic mass is 10.2. The lowest BCUT2D eigenvalue weighted by Gasteiger charge is -1.88. The van der Waals surface area contributed by atoms with Crippen molar-refractivity contribution in [3.8, 4) is 6.07 Å². The van der Waals surface area contributed by atoms with Crippen LogP contribution in [0.15, 0.2) is 285 Å². The molecule has 1 nitrogen and oxygen atoms in total. The second-order valence-corrected chi connectivity index (χ2v) is 9.90. The number of hydrogen-bond acceptors (Lipinski definition) is 1. The van der Waals surface area contributed by atoms with Crippen molar-refractivity contribution >= 4 is 0 Å². The van der Waals surface area contributed by atoms with Crippen LogP contribution in [0.4, 0.5) is 0 Å². The molecule has 0 aromatic heterocycles. The van der Waals surface area contributed by atoms with Gasteiger partial charge in [0.2, 0.25) is 0 Å². The first kappa shape index (κ1) is 42.3. The van der Waals surface area contributed by atoms with Crippen LogP contribution in [-0.2, 0) is 6.42 Å². The van der Waals surface area contributed by atoms with Crippen LogP contribution in [0.3, 0.4) is 0 Å². The molecular formula is C50H49N. The number of nitrogens with zero attached hydrogens (tertiary/aromatic N) is 1. The van der Waals surface area contributed by atoms with E-state index in [1.54, 1.807) is 0 Å². The molecule has 0 spiro atoms. The van der Waals surface area contributed by atoms with Crippen molar-refractivity contribution in [2.45, 2.75) is 6.42 Å². The molecule has 0 fully saturated rings. The average molecular weight is 664 g/mol. The van der Waals surface area contributed by atoms with Crippen molar-refractivity contribution in [3.63, 3.8) is 0 Å². The van der Waals surface area contributed by atoms with Crippen LogP contribution in [0.25, 0.3) is 0 Å². The van der Waals surface area contributed by atoms with E-state index in [4.69, 9.17) is 5.26 Å². The van der Waals surface area contributed by atoms with Gasteiger partial charge < -0.3 is 0 Å². The Morgan fingerprint density at radius 2 is 0.333 bits per heavy atom. The topological polar surface area (TPSA) is 23.8 Å². The molecule has 8 aromatic rings. The van der Waals surface area contributed by atoms with Gasteiger partial charge in [0.25, 0.3) is 0 Å². The SMILES string of the molecule is N#CCc1ccccc1.c1ccccc1.c1ccccc1.c1ccccc1.c1ccccc1.c1ccccc1.c1ccccc1.c1ccccc1. The van der Waals surface area contributed by atoms with Gasteiger partial charge in [0.1, 0.15) is 0 Å². The van der Waals surface area contributed by atoms with Gasteiger partial charge in [-0.05, 0) is 5.56 Å². The lowest BCUT2D eigenvalue weighted by Crippen LogP contribution is -1.76. The Labute approximate surface area is 307 Å². The second kappa shape index (κ2) is 37.7. The van der Waals surface area contributed by atoms with Crippen LogP contribution in [0.2, 0.25) is 0 Å². The second-order valence-electron chi connectivity index (χ2n) is 9.90. The molecule has 8 aromatic carbocycles. The summed E-state index contributed by atoms with van der Waals surface area (Å²) in [5, 5.41) is 8.27. The Hall–Kier alpha value is -6.75. The van der Waals surface area contributed by atoms with E-state index in [1.165, 1.54) is 0 Å². The van der Waals surface area contributed by atoms with Crippen LogP contribution in [-0.4, -0.2) is 0 Å². The predicted molar refractivity (Wildman–Crippen MR) is 221 cm³/mol. The third-order valence-electron chi connectivity index (χ3n) is 5.79. The summed E-state index contributed by atoms with van der Waals surface area (Å²) in [5.74, 6) is 0. The molecule has 0 saturated heterocycles. The maximum atomic E-state index is 8.27. The quantitative estimate of drug-likeness (QED) is 0.171. The first-order valence-electron chi connectivity index (χ1n) is 16.8. The molecule has 0 saturated carbocycles. The van der Waals surface area contributed by atoms with Gasteiger partial charge in [0, 0.05) is 0 Å². The lowest BCUT2D eigenvalue weighted by molar-refractivity contribution is 1.26. The van der Waals surface area contributed by atoms with E-state index in [0.717, 1.165) is 5.56 Å². The molecule has 0 aliphatic carbocycles. The summed E-state index contributed by atoms with van der Waals surface area (Å²) in [6.07, 6.45) is 0.515. The van der Waals surface area contributed by atoms with Crippen molar-refractivity contribution < 1.29 is 0 Å².